The van der Waals surface area contributed by atoms with E-state index in [9.17, 15) is 4.39 Å². The fourth-order valence-corrected chi connectivity index (χ4v) is 3.11. The molecule has 0 amide bonds. The first kappa shape index (κ1) is 12.1. The molecule has 1 N–H and O–H groups in total. The zero-order valence-electron chi connectivity index (χ0n) is 10.6. The Morgan fingerprint density at radius 3 is 3.11 bits per heavy atom. The number of fused-ring (bicyclic) bond motifs is 1. The van der Waals surface area contributed by atoms with Crippen LogP contribution in [0.3, 0.4) is 0 Å². The fourth-order valence-electron chi connectivity index (χ4n) is 3.11. The van der Waals surface area contributed by atoms with Crippen molar-refractivity contribution in [3.63, 3.8) is 0 Å². The predicted molar refractivity (Wildman–Crippen MR) is 69.1 cm³/mol. The summed E-state index contributed by atoms with van der Waals surface area (Å²) in [6.07, 6.45) is 5.77. The lowest BCUT2D eigenvalue weighted by atomic mass is 10.1. The van der Waals surface area contributed by atoms with E-state index in [0.29, 0.717) is 12.1 Å². The molecule has 3 rings (SSSR count). The van der Waals surface area contributed by atoms with Gasteiger partial charge in [0, 0.05) is 12.6 Å². The molecule has 3 heteroatoms. The number of rotatable bonds is 4. The van der Waals surface area contributed by atoms with Crippen LogP contribution in [-0.2, 0) is 11.2 Å². The van der Waals surface area contributed by atoms with Crippen LogP contribution in [0.4, 0.5) is 4.39 Å². The highest BCUT2D eigenvalue weighted by atomic mass is 19.1. The molecule has 0 spiro atoms. The van der Waals surface area contributed by atoms with Gasteiger partial charge >= 0.3 is 0 Å². The zero-order chi connectivity index (χ0) is 12.4. The maximum absolute atomic E-state index is 13.6. The van der Waals surface area contributed by atoms with E-state index >= 15 is 0 Å². The van der Waals surface area contributed by atoms with Gasteiger partial charge in [0.15, 0.2) is 0 Å². The molecule has 1 saturated heterocycles. The minimum absolute atomic E-state index is 0.0454. The van der Waals surface area contributed by atoms with Crippen LogP contribution in [-0.4, -0.2) is 19.3 Å². The van der Waals surface area contributed by atoms with Crippen molar-refractivity contribution >= 4 is 0 Å². The van der Waals surface area contributed by atoms with Gasteiger partial charge in [0.2, 0.25) is 0 Å². The Morgan fingerprint density at radius 2 is 2.28 bits per heavy atom. The number of benzene rings is 1. The van der Waals surface area contributed by atoms with E-state index in [2.05, 4.69) is 11.4 Å². The van der Waals surface area contributed by atoms with Crippen molar-refractivity contribution in [3.8, 4) is 0 Å². The summed E-state index contributed by atoms with van der Waals surface area (Å²) in [5, 5.41) is 3.55. The van der Waals surface area contributed by atoms with Crippen LogP contribution in [0, 0.1) is 5.82 Å². The van der Waals surface area contributed by atoms with E-state index in [0.717, 1.165) is 43.5 Å². The summed E-state index contributed by atoms with van der Waals surface area (Å²) in [7, 11) is 0. The topological polar surface area (TPSA) is 21.3 Å². The monoisotopic (exact) mass is 249 g/mol. The molecule has 1 aliphatic carbocycles. The molecule has 2 aliphatic rings. The molecule has 0 aromatic heterocycles. The Bertz CT molecular complexity index is 415. The van der Waals surface area contributed by atoms with Crippen molar-refractivity contribution in [3.05, 3.63) is 35.1 Å². The first-order valence-corrected chi connectivity index (χ1v) is 6.97. The molecule has 0 saturated carbocycles. The predicted octanol–water partition coefficient (Wildman–Crippen LogP) is 2.97. The number of hydrogen-bond donors (Lipinski definition) is 1. The molecule has 0 radical (unpaired) electrons. The third-order valence-corrected chi connectivity index (χ3v) is 4.09. The molecular weight excluding hydrogens is 229 g/mol. The van der Waals surface area contributed by atoms with Crippen LogP contribution in [0.15, 0.2) is 18.2 Å². The highest BCUT2D eigenvalue weighted by molar-refractivity contribution is 5.35. The summed E-state index contributed by atoms with van der Waals surface area (Å²) >= 11 is 0. The average molecular weight is 249 g/mol. The van der Waals surface area contributed by atoms with Gasteiger partial charge in [-0.1, -0.05) is 12.1 Å². The summed E-state index contributed by atoms with van der Waals surface area (Å²) in [5.41, 5.74) is 2.06. The van der Waals surface area contributed by atoms with Gasteiger partial charge in [-0.15, -0.1) is 0 Å². The van der Waals surface area contributed by atoms with E-state index in [1.807, 2.05) is 6.07 Å². The maximum atomic E-state index is 13.6. The summed E-state index contributed by atoms with van der Waals surface area (Å²) < 4.78 is 19.2. The summed E-state index contributed by atoms with van der Waals surface area (Å²) in [6, 6.07) is 5.76. The second-order valence-corrected chi connectivity index (χ2v) is 5.28. The van der Waals surface area contributed by atoms with Gasteiger partial charge in [-0.25, -0.2) is 4.39 Å². The molecule has 2 atom stereocenters. The van der Waals surface area contributed by atoms with E-state index in [1.165, 1.54) is 12.8 Å². The smallest absolute Gasteiger partial charge is 0.126 e. The second kappa shape index (κ2) is 5.37. The summed E-state index contributed by atoms with van der Waals surface area (Å²) in [6.45, 7) is 1.88. The van der Waals surface area contributed by atoms with Gasteiger partial charge < -0.3 is 10.1 Å². The Labute approximate surface area is 108 Å². The molecule has 1 aromatic carbocycles. The van der Waals surface area contributed by atoms with Crippen molar-refractivity contribution in [1.82, 2.24) is 5.32 Å². The largest absolute Gasteiger partial charge is 0.378 e. The van der Waals surface area contributed by atoms with Crippen LogP contribution in [0.2, 0.25) is 0 Å². The third-order valence-electron chi connectivity index (χ3n) is 4.09. The molecular formula is C15H20FNO. The van der Waals surface area contributed by atoms with Gasteiger partial charge in [0.05, 0.1) is 6.10 Å². The summed E-state index contributed by atoms with van der Waals surface area (Å²) in [4.78, 5) is 0. The molecule has 0 bridgehead atoms. The van der Waals surface area contributed by atoms with Crippen molar-refractivity contribution in [1.29, 1.82) is 0 Å². The number of hydrogen-bond acceptors (Lipinski definition) is 2. The molecule has 1 heterocycles. The standard InChI is InChI=1S/C15H20FNO/c16-14-5-1-4-13-12(14)6-7-15(13)17-9-8-11-3-2-10-18-11/h1,4-5,11,15,17H,2-3,6-10H2. The van der Waals surface area contributed by atoms with Crippen LogP contribution in [0.5, 0.6) is 0 Å². The molecule has 2 unspecified atom stereocenters. The lowest BCUT2D eigenvalue weighted by Crippen LogP contribution is -2.23. The number of nitrogens with one attached hydrogen (secondary N) is 1. The van der Waals surface area contributed by atoms with E-state index < -0.39 is 0 Å². The average Bonchev–Trinajstić information content (AvgIpc) is 3.00. The second-order valence-electron chi connectivity index (χ2n) is 5.28. The van der Waals surface area contributed by atoms with Gasteiger partial charge in [-0.3, -0.25) is 0 Å². The molecule has 1 aromatic rings. The quantitative estimate of drug-likeness (QED) is 0.885. The zero-order valence-corrected chi connectivity index (χ0v) is 10.6. The van der Waals surface area contributed by atoms with E-state index in [4.69, 9.17) is 4.74 Å². The minimum atomic E-state index is -0.0454. The molecule has 1 fully saturated rings. The van der Waals surface area contributed by atoms with Crippen LogP contribution < -0.4 is 5.32 Å². The Balaban J connectivity index is 1.54. The molecule has 1 aliphatic heterocycles. The van der Waals surface area contributed by atoms with Crippen LogP contribution in [0.25, 0.3) is 0 Å². The molecule has 98 valence electrons. The van der Waals surface area contributed by atoms with E-state index in [1.54, 1.807) is 6.07 Å². The lowest BCUT2D eigenvalue weighted by Gasteiger charge is -2.16. The van der Waals surface area contributed by atoms with Crippen molar-refractivity contribution in [2.75, 3.05) is 13.2 Å². The van der Waals surface area contributed by atoms with Crippen molar-refractivity contribution in [2.45, 2.75) is 44.2 Å². The van der Waals surface area contributed by atoms with Crippen molar-refractivity contribution in [2.24, 2.45) is 0 Å². The first-order valence-electron chi connectivity index (χ1n) is 6.97. The third kappa shape index (κ3) is 2.43. The lowest BCUT2D eigenvalue weighted by molar-refractivity contribution is 0.103. The fraction of sp³-hybridized carbons (Fsp3) is 0.600. The Kier molecular flexibility index (Phi) is 3.62. The highest BCUT2D eigenvalue weighted by Crippen LogP contribution is 2.32. The maximum Gasteiger partial charge on any atom is 0.126 e. The Hall–Kier alpha value is -0.930. The Morgan fingerprint density at radius 1 is 1.33 bits per heavy atom. The van der Waals surface area contributed by atoms with Crippen molar-refractivity contribution < 1.29 is 9.13 Å². The highest BCUT2D eigenvalue weighted by Gasteiger charge is 2.24. The van der Waals surface area contributed by atoms with Crippen LogP contribution >= 0.6 is 0 Å². The van der Waals surface area contributed by atoms with Gasteiger partial charge in [0.25, 0.3) is 0 Å². The minimum Gasteiger partial charge on any atom is -0.378 e. The van der Waals surface area contributed by atoms with Crippen LogP contribution in [0.1, 0.15) is 42.9 Å². The van der Waals surface area contributed by atoms with E-state index in [-0.39, 0.29) is 5.82 Å². The number of halogens is 1. The summed E-state index contributed by atoms with van der Waals surface area (Å²) in [5.74, 6) is -0.0454. The SMILES string of the molecule is Fc1cccc2c1CCC2NCCC1CCCO1. The first-order chi connectivity index (χ1) is 8.84. The van der Waals surface area contributed by atoms with Gasteiger partial charge in [-0.05, 0) is 55.8 Å². The van der Waals surface area contributed by atoms with Gasteiger partial charge in [0.1, 0.15) is 5.82 Å². The normalized spacial score (nSPS) is 26.5. The number of ether oxygens (including phenoxy) is 1. The molecule has 18 heavy (non-hydrogen) atoms. The molecule has 2 nitrogen and oxygen atoms in total. The van der Waals surface area contributed by atoms with Gasteiger partial charge in [-0.2, -0.15) is 0 Å².